The minimum atomic E-state index is -0.739. The van der Waals surface area contributed by atoms with Gasteiger partial charge in [0.2, 0.25) is 0 Å². The molecule has 0 aromatic heterocycles. The van der Waals surface area contributed by atoms with Gasteiger partial charge in [0.05, 0.1) is 12.7 Å². The molecule has 4 aliphatic rings. The Morgan fingerprint density at radius 3 is 2.69 bits per heavy atom. The molecule has 148 valence electrons. The van der Waals surface area contributed by atoms with E-state index in [0.29, 0.717) is 30.5 Å². The second-order valence-corrected chi connectivity index (χ2v) is 8.94. The van der Waals surface area contributed by atoms with Crippen LogP contribution in [0, 0.1) is 17.8 Å². The number of aliphatic imine (C=N–C) groups is 1. The smallest absolute Gasteiger partial charge is 0.189 e. The lowest BCUT2D eigenvalue weighted by Gasteiger charge is -2.38. The Morgan fingerprint density at radius 2 is 1.96 bits per heavy atom. The van der Waals surface area contributed by atoms with Crippen molar-refractivity contribution < 1.29 is 9.53 Å². The Labute approximate surface area is 158 Å². The fourth-order valence-corrected chi connectivity index (χ4v) is 5.47. The van der Waals surface area contributed by atoms with Gasteiger partial charge < -0.3 is 20.6 Å². The summed E-state index contributed by atoms with van der Waals surface area (Å²) in [6, 6.07) is 0. The Bertz CT molecular complexity index is 486. The third-order valence-electron chi connectivity index (χ3n) is 7.00. The molecule has 2 bridgehead atoms. The van der Waals surface area contributed by atoms with Crippen LogP contribution in [-0.4, -0.2) is 37.5 Å². The molecule has 0 saturated heterocycles. The first kappa shape index (κ1) is 19.7. The van der Waals surface area contributed by atoms with Gasteiger partial charge in [-0.05, 0) is 49.9 Å². The SMILES string of the molecule is CN=C(N)NC(C=O)(COC1CC2CCCC1CC2)CC1CCCCC1. The highest BCUT2D eigenvalue weighted by Crippen LogP contribution is 2.41. The number of rotatable bonds is 7. The standard InChI is InChI=1S/C21H37N3O2/c1-23-20(22)24-21(14-25,13-17-6-3-2-4-7-17)15-26-19-12-16-8-5-9-18(19)11-10-16/h14,16-19H,2-13,15H2,1H3,(H3,22,23,24). The van der Waals surface area contributed by atoms with Gasteiger partial charge in [-0.25, -0.2) is 0 Å². The van der Waals surface area contributed by atoms with Crippen molar-refractivity contribution in [2.75, 3.05) is 13.7 Å². The van der Waals surface area contributed by atoms with E-state index >= 15 is 0 Å². The summed E-state index contributed by atoms with van der Waals surface area (Å²) < 4.78 is 6.44. The van der Waals surface area contributed by atoms with Crippen LogP contribution < -0.4 is 11.1 Å². The number of hydrogen-bond donors (Lipinski definition) is 2. The van der Waals surface area contributed by atoms with Crippen LogP contribution in [0.25, 0.3) is 0 Å². The van der Waals surface area contributed by atoms with Crippen molar-refractivity contribution in [2.45, 2.75) is 88.7 Å². The van der Waals surface area contributed by atoms with Crippen molar-refractivity contribution in [1.82, 2.24) is 5.32 Å². The Balaban J connectivity index is 1.66. The maximum Gasteiger partial charge on any atom is 0.189 e. The third kappa shape index (κ3) is 4.99. The number of ether oxygens (including phenoxy) is 1. The lowest BCUT2D eigenvalue weighted by molar-refractivity contribution is -0.119. The van der Waals surface area contributed by atoms with Gasteiger partial charge >= 0.3 is 0 Å². The first-order valence-electron chi connectivity index (χ1n) is 10.7. The number of hydrogen-bond acceptors (Lipinski definition) is 3. The fraction of sp³-hybridized carbons (Fsp3) is 0.905. The van der Waals surface area contributed by atoms with E-state index in [1.165, 1.54) is 70.6 Å². The van der Waals surface area contributed by atoms with Crippen molar-refractivity contribution in [3.63, 3.8) is 0 Å². The third-order valence-corrected chi connectivity index (χ3v) is 7.00. The number of nitrogens with two attached hydrogens (primary N) is 1. The van der Waals surface area contributed by atoms with Gasteiger partial charge in [-0.3, -0.25) is 4.99 Å². The first-order valence-corrected chi connectivity index (χ1v) is 10.7. The van der Waals surface area contributed by atoms with Crippen LogP contribution in [0.15, 0.2) is 4.99 Å². The molecule has 3 N–H and O–H groups in total. The molecule has 0 amide bonds. The van der Waals surface area contributed by atoms with Crippen LogP contribution in [0.1, 0.15) is 77.0 Å². The zero-order valence-corrected chi connectivity index (χ0v) is 16.4. The van der Waals surface area contributed by atoms with Gasteiger partial charge in [-0.15, -0.1) is 0 Å². The largest absolute Gasteiger partial charge is 0.375 e. The molecule has 4 unspecified atom stereocenters. The van der Waals surface area contributed by atoms with E-state index in [0.717, 1.165) is 18.6 Å². The average Bonchev–Trinajstić information content (AvgIpc) is 3.02. The Hall–Kier alpha value is -1.10. The first-order chi connectivity index (χ1) is 12.6. The quantitative estimate of drug-likeness (QED) is 0.413. The van der Waals surface area contributed by atoms with E-state index in [-0.39, 0.29) is 0 Å². The van der Waals surface area contributed by atoms with Gasteiger partial charge in [0.1, 0.15) is 11.8 Å². The van der Waals surface area contributed by atoms with E-state index < -0.39 is 5.54 Å². The molecule has 0 aromatic rings. The number of nitrogens with one attached hydrogen (secondary N) is 1. The molecule has 5 nitrogen and oxygen atoms in total. The summed E-state index contributed by atoms with van der Waals surface area (Å²) in [5.74, 6) is 2.39. The monoisotopic (exact) mass is 363 g/mol. The molecule has 4 atom stereocenters. The number of nitrogens with zero attached hydrogens (tertiary/aromatic N) is 1. The van der Waals surface area contributed by atoms with E-state index in [9.17, 15) is 4.79 Å². The second-order valence-electron chi connectivity index (χ2n) is 8.94. The van der Waals surface area contributed by atoms with Crippen LogP contribution in [0.5, 0.6) is 0 Å². The zero-order chi connectivity index (χ0) is 18.4. The van der Waals surface area contributed by atoms with Gasteiger partial charge in [0.25, 0.3) is 0 Å². The minimum absolute atomic E-state index is 0.309. The zero-order valence-electron chi connectivity index (χ0n) is 16.4. The highest BCUT2D eigenvalue weighted by molar-refractivity contribution is 5.83. The molecule has 0 radical (unpaired) electrons. The maximum atomic E-state index is 12.2. The average molecular weight is 364 g/mol. The number of fused-ring (bicyclic) bond motifs is 4. The Morgan fingerprint density at radius 1 is 1.15 bits per heavy atom. The molecule has 4 saturated carbocycles. The van der Waals surface area contributed by atoms with Crippen molar-refractivity contribution in [3.8, 4) is 0 Å². The van der Waals surface area contributed by atoms with Crippen LogP contribution >= 0.6 is 0 Å². The number of carbonyl (C=O) groups is 1. The Kier molecular flexibility index (Phi) is 6.96. The molecule has 4 aliphatic carbocycles. The van der Waals surface area contributed by atoms with Crippen molar-refractivity contribution in [3.05, 3.63) is 0 Å². The lowest BCUT2D eigenvalue weighted by atomic mass is 9.79. The van der Waals surface area contributed by atoms with Crippen LogP contribution in [0.2, 0.25) is 0 Å². The summed E-state index contributed by atoms with van der Waals surface area (Å²) in [5, 5.41) is 3.21. The van der Waals surface area contributed by atoms with Crippen molar-refractivity contribution >= 4 is 12.2 Å². The van der Waals surface area contributed by atoms with E-state index in [1.807, 2.05) is 0 Å². The maximum absolute atomic E-state index is 12.2. The second kappa shape index (κ2) is 9.20. The van der Waals surface area contributed by atoms with Gasteiger partial charge in [-0.2, -0.15) is 0 Å². The van der Waals surface area contributed by atoms with Crippen molar-refractivity contribution in [1.29, 1.82) is 0 Å². The molecular formula is C21H37N3O2. The molecule has 0 aliphatic heterocycles. The number of carbonyl (C=O) groups excluding carboxylic acids is 1. The molecule has 4 rings (SSSR count). The van der Waals surface area contributed by atoms with Crippen LogP contribution in [-0.2, 0) is 9.53 Å². The summed E-state index contributed by atoms with van der Waals surface area (Å²) in [7, 11) is 1.66. The highest BCUT2D eigenvalue weighted by atomic mass is 16.5. The van der Waals surface area contributed by atoms with Gasteiger partial charge in [0, 0.05) is 7.05 Å². The summed E-state index contributed by atoms with van der Waals surface area (Å²) in [6.07, 6.45) is 16.2. The predicted molar refractivity (Wildman–Crippen MR) is 105 cm³/mol. The van der Waals surface area contributed by atoms with E-state index in [1.54, 1.807) is 7.05 Å². The molecule has 0 heterocycles. The minimum Gasteiger partial charge on any atom is -0.375 e. The summed E-state index contributed by atoms with van der Waals surface area (Å²) >= 11 is 0. The molecule has 5 heteroatoms. The summed E-state index contributed by atoms with van der Waals surface area (Å²) in [5.41, 5.74) is 5.22. The predicted octanol–water partition coefficient (Wildman–Crippen LogP) is 3.41. The highest BCUT2D eigenvalue weighted by Gasteiger charge is 2.39. The summed E-state index contributed by atoms with van der Waals surface area (Å²) in [4.78, 5) is 16.2. The topological polar surface area (TPSA) is 76.7 Å². The van der Waals surface area contributed by atoms with Gasteiger partial charge in [-0.1, -0.05) is 44.9 Å². The lowest BCUT2D eigenvalue weighted by Crippen LogP contribution is -2.57. The van der Waals surface area contributed by atoms with E-state index in [2.05, 4.69) is 10.3 Å². The molecule has 4 fully saturated rings. The fourth-order valence-electron chi connectivity index (χ4n) is 5.47. The van der Waals surface area contributed by atoms with E-state index in [4.69, 9.17) is 10.5 Å². The number of guanidine groups is 1. The van der Waals surface area contributed by atoms with Crippen molar-refractivity contribution in [2.24, 2.45) is 28.5 Å². The van der Waals surface area contributed by atoms with Crippen LogP contribution in [0.3, 0.4) is 0 Å². The molecule has 26 heavy (non-hydrogen) atoms. The molecule has 0 aromatic carbocycles. The molecule has 0 spiro atoms. The normalized spacial score (nSPS) is 32.7. The summed E-state index contributed by atoms with van der Waals surface area (Å²) in [6.45, 7) is 0.414. The van der Waals surface area contributed by atoms with Crippen LogP contribution in [0.4, 0.5) is 0 Å². The van der Waals surface area contributed by atoms with Gasteiger partial charge in [0.15, 0.2) is 5.96 Å². The molecular weight excluding hydrogens is 326 g/mol. The number of aldehydes is 1.